The molecular weight excluding hydrogens is 430 g/mol. The number of hydrazine groups is 1. The second-order valence-electron chi connectivity index (χ2n) is 8.17. The molecule has 2 N–H and O–H groups in total. The molecule has 0 saturated carbocycles. The molecule has 1 aliphatic heterocycles. The summed E-state index contributed by atoms with van der Waals surface area (Å²) in [7, 11) is 0. The van der Waals surface area contributed by atoms with E-state index in [-0.39, 0.29) is 0 Å². The number of carbonyl (C=O) groups is 3. The number of hydrogen-bond acceptors (Lipinski definition) is 4. The van der Waals surface area contributed by atoms with Crippen LogP contribution in [0.4, 0.5) is 4.79 Å². The molecule has 1 unspecified atom stereocenters. The van der Waals surface area contributed by atoms with Crippen molar-refractivity contribution in [1.82, 2.24) is 25.3 Å². The number of benzene rings is 3. The first-order valence-electron chi connectivity index (χ1n) is 11.0. The Morgan fingerprint density at radius 2 is 1.68 bits per heavy atom. The second kappa shape index (κ2) is 8.15. The molecule has 1 atom stereocenters. The van der Waals surface area contributed by atoms with E-state index in [2.05, 4.69) is 15.7 Å². The molecule has 5 rings (SSSR count). The van der Waals surface area contributed by atoms with Gasteiger partial charge < -0.3 is 5.32 Å². The van der Waals surface area contributed by atoms with E-state index in [1.165, 1.54) is 0 Å². The molecule has 0 aliphatic carbocycles. The van der Waals surface area contributed by atoms with Crippen molar-refractivity contribution >= 4 is 28.9 Å². The molecule has 8 heteroatoms. The number of imide groups is 1. The predicted octanol–water partition coefficient (Wildman–Crippen LogP) is 3.84. The fraction of sp³-hybridized carbons (Fsp3) is 0.154. The van der Waals surface area contributed by atoms with E-state index in [0.717, 1.165) is 22.0 Å². The molecular formula is C26H23N5O3. The Kier molecular flexibility index (Phi) is 5.13. The Morgan fingerprint density at radius 3 is 2.35 bits per heavy atom. The van der Waals surface area contributed by atoms with Crippen molar-refractivity contribution in [1.29, 1.82) is 0 Å². The van der Waals surface area contributed by atoms with Gasteiger partial charge in [-0.1, -0.05) is 55.5 Å². The third-order valence-corrected chi connectivity index (χ3v) is 6.20. The molecule has 4 amide bonds. The summed E-state index contributed by atoms with van der Waals surface area (Å²) >= 11 is 0. The minimum atomic E-state index is -1.22. The number of imidazole rings is 1. The monoisotopic (exact) mass is 453 g/mol. The molecule has 0 spiro atoms. The van der Waals surface area contributed by atoms with Crippen LogP contribution in [-0.4, -0.2) is 32.4 Å². The van der Waals surface area contributed by atoms with Crippen LogP contribution in [0.3, 0.4) is 0 Å². The Morgan fingerprint density at radius 1 is 1.00 bits per heavy atom. The zero-order valence-corrected chi connectivity index (χ0v) is 18.8. The van der Waals surface area contributed by atoms with Gasteiger partial charge in [0, 0.05) is 11.3 Å². The highest BCUT2D eigenvalue weighted by atomic mass is 16.2. The van der Waals surface area contributed by atoms with Gasteiger partial charge in [0.25, 0.3) is 11.8 Å². The third kappa shape index (κ3) is 3.31. The lowest BCUT2D eigenvalue weighted by atomic mass is 9.87. The van der Waals surface area contributed by atoms with Crippen LogP contribution in [0.2, 0.25) is 0 Å². The van der Waals surface area contributed by atoms with E-state index in [4.69, 9.17) is 0 Å². The van der Waals surface area contributed by atoms with Gasteiger partial charge in [-0.05, 0) is 49.2 Å². The van der Waals surface area contributed by atoms with E-state index in [1.54, 1.807) is 36.4 Å². The number of nitrogens with zero attached hydrogens (tertiary/aromatic N) is 3. The van der Waals surface area contributed by atoms with Crippen LogP contribution in [0.1, 0.15) is 35.1 Å². The van der Waals surface area contributed by atoms with Gasteiger partial charge >= 0.3 is 6.03 Å². The maximum Gasteiger partial charge on any atom is 0.344 e. The molecule has 1 saturated heterocycles. The highest BCUT2D eigenvalue weighted by molar-refractivity contribution is 6.09. The number of fused-ring (bicyclic) bond motifs is 1. The van der Waals surface area contributed by atoms with Crippen LogP contribution >= 0.6 is 0 Å². The largest absolute Gasteiger partial charge is 0.344 e. The molecule has 170 valence electrons. The van der Waals surface area contributed by atoms with Gasteiger partial charge in [0.05, 0.1) is 11.0 Å². The molecule has 34 heavy (non-hydrogen) atoms. The lowest BCUT2D eigenvalue weighted by Gasteiger charge is -2.25. The number of urea groups is 1. The van der Waals surface area contributed by atoms with Crippen molar-refractivity contribution in [2.75, 3.05) is 0 Å². The zero-order valence-electron chi connectivity index (χ0n) is 18.8. The van der Waals surface area contributed by atoms with E-state index in [9.17, 15) is 14.4 Å². The highest BCUT2D eigenvalue weighted by Crippen LogP contribution is 2.31. The summed E-state index contributed by atoms with van der Waals surface area (Å²) < 4.78 is 2.00. The summed E-state index contributed by atoms with van der Waals surface area (Å²) in [5, 5.41) is 3.52. The zero-order chi connectivity index (χ0) is 23.9. The fourth-order valence-electron chi connectivity index (χ4n) is 4.45. The van der Waals surface area contributed by atoms with Gasteiger partial charge in [0.2, 0.25) is 0 Å². The number of aryl methyl sites for hydroxylation is 1. The minimum absolute atomic E-state index is 0.291. The summed E-state index contributed by atoms with van der Waals surface area (Å²) in [6.45, 7) is 3.71. The van der Waals surface area contributed by atoms with Crippen molar-refractivity contribution in [3.05, 3.63) is 95.8 Å². The number of para-hydroxylation sites is 1. The van der Waals surface area contributed by atoms with Gasteiger partial charge in [0.1, 0.15) is 11.4 Å². The maximum absolute atomic E-state index is 13.3. The first-order chi connectivity index (χ1) is 16.4. The van der Waals surface area contributed by atoms with Crippen LogP contribution in [0, 0.1) is 6.92 Å². The topological polar surface area (TPSA) is 96.3 Å². The summed E-state index contributed by atoms with van der Waals surface area (Å²) in [5.41, 5.74) is 4.66. The summed E-state index contributed by atoms with van der Waals surface area (Å²) in [4.78, 5) is 43.6. The van der Waals surface area contributed by atoms with Crippen molar-refractivity contribution in [2.24, 2.45) is 0 Å². The normalized spacial score (nSPS) is 17.8. The van der Waals surface area contributed by atoms with Crippen LogP contribution in [0.25, 0.3) is 16.7 Å². The van der Waals surface area contributed by atoms with E-state index < -0.39 is 23.4 Å². The number of rotatable bonds is 5. The van der Waals surface area contributed by atoms with Crippen molar-refractivity contribution in [3.63, 3.8) is 0 Å². The molecule has 4 aromatic rings. The molecule has 1 fully saturated rings. The van der Waals surface area contributed by atoms with Crippen molar-refractivity contribution in [3.8, 4) is 5.69 Å². The van der Waals surface area contributed by atoms with Crippen molar-refractivity contribution < 1.29 is 14.4 Å². The van der Waals surface area contributed by atoms with Crippen LogP contribution in [-0.2, 0) is 10.3 Å². The predicted molar refractivity (Wildman–Crippen MR) is 127 cm³/mol. The standard InChI is InChI=1S/C26H23N5O3/c1-3-26(19-10-6-4-7-11-19)24(33)31(25(34)28-26)29-23(32)18-14-15-22-21(16-18)27-17(2)30(22)20-12-8-5-9-13-20/h4-16H,3H2,1-2H3,(H,28,34)(H,29,32). The Labute approximate surface area is 196 Å². The first kappa shape index (κ1) is 21.4. The Bertz CT molecular complexity index is 1410. The van der Waals surface area contributed by atoms with Gasteiger partial charge in [-0.25, -0.2) is 9.78 Å². The number of carbonyl (C=O) groups excluding carboxylic acids is 3. The van der Waals surface area contributed by atoms with Crippen LogP contribution in [0.5, 0.6) is 0 Å². The van der Waals surface area contributed by atoms with E-state index in [1.807, 2.05) is 60.9 Å². The van der Waals surface area contributed by atoms with E-state index >= 15 is 0 Å². The smallest absolute Gasteiger partial charge is 0.318 e. The van der Waals surface area contributed by atoms with Crippen molar-refractivity contribution in [2.45, 2.75) is 25.8 Å². The van der Waals surface area contributed by atoms with Gasteiger partial charge in [-0.15, -0.1) is 0 Å². The molecule has 0 bridgehead atoms. The van der Waals surface area contributed by atoms with Gasteiger partial charge in [-0.2, -0.15) is 5.01 Å². The average Bonchev–Trinajstić information content (AvgIpc) is 3.32. The van der Waals surface area contributed by atoms with Gasteiger partial charge in [0.15, 0.2) is 0 Å². The van der Waals surface area contributed by atoms with E-state index in [0.29, 0.717) is 23.1 Å². The lowest BCUT2D eigenvalue weighted by Crippen LogP contribution is -2.48. The summed E-state index contributed by atoms with van der Waals surface area (Å²) in [5.74, 6) is -0.314. The SMILES string of the molecule is CCC1(c2ccccc2)NC(=O)N(NC(=O)c2ccc3c(c2)nc(C)n3-c2ccccc2)C1=O. The quantitative estimate of drug-likeness (QED) is 0.449. The summed E-state index contributed by atoms with van der Waals surface area (Å²) in [6.07, 6.45) is 0.343. The minimum Gasteiger partial charge on any atom is -0.318 e. The lowest BCUT2D eigenvalue weighted by molar-refractivity contribution is -0.133. The summed E-state index contributed by atoms with van der Waals surface area (Å²) in [6, 6.07) is 23.3. The van der Waals surface area contributed by atoms with Crippen LogP contribution in [0.15, 0.2) is 78.9 Å². The number of aromatic nitrogens is 2. The Hall–Kier alpha value is -4.46. The first-order valence-corrected chi connectivity index (χ1v) is 11.0. The number of nitrogens with one attached hydrogen (secondary N) is 2. The Balaban J connectivity index is 1.43. The second-order valence-corrected chi connectivity index (χ2v) is 8.17. The molecule has 3 aromatic carbocycles. The number of hydrogen-bond donors (Lipinski definition) is 2. The molecule has 2 heterocycles. The highest BCUT2D eigenvalue weighted by Gasteiger charge is 2.52. The third-order valence-electron chi connectivity index (χ3n) is 6.20. The van der Waals surface area contributed by atoms with Gasteiger partial charge in [-0.3, -0.25) is 19.6 Å². The maximum atomic E-state index is 13.3. The fourth-order valence-corrected chi connectivity index (χ4v) is 4.45. The van der Waals surface area contributed by atoms with Crippen LogP contribution < -0.4 is 10.7 Å². The average molecular weight is 454 g/mol. The number of amides is 4. The molecule has 1 aromatic heterocycles. The molecule has 0 radical (unpaired) electrons. The molecule has 1 aliphatic rings. The molecule has 8 nitrogen and oxygen atoms in total.